The standard InChI is InChI=1S/C19H19N3O2/c1-14-3-2-4-16(13-14)19-20-18(21-24-19)15-5-7-17(8-6-15)22-9-11-23-12-10-22/h2-8,13H,9-12H2,1H3. The topological polar surface area (TPSA) is 51.4 Å². The van der Waals surface area contributed by atoms with Gasteiger partial charge in [0.15, 0.2) is 0 Å². The van der Waals surface area contributed by atoms with Gasteiger partial charge in [-0.1, -0.05) is 22.9 Å². The minimum Gasteiger partial charge on any atom is -0.378 e. The molecule has 0 unspecified atom stereocenters. The van der Waals surface area contributed by atoms with Crippen LogP contribution in [0, 0.1) is 6.92 Å². The zero-order valence-corrected chi connectivity index (χ0v) is 13.6. The first-order valence-electron chi connectivity index (χ1n) is 8.13. The maximum absolute atomic E-state index is 5.42. The lowest BCUT2D eigenvalue weighted by Gasteiger charge is -2.28. The summed E-state index contributed by atoms with van der Waals surface area (Å²) < 4.78 is 10.8. The smallest absolute Gasteiger partial charge is 0.258 e. The molecule has 0 radical (unpaired) electrons. The van der Waals surface area contributed by atoms with Crippen LogP contribution in [0.2, 0.25) is 0 Å². The summed E-state index contributed by atoms with van der Waals surface area (Å²) in [5.74, 6) is 1.16. The Bertz CT molecular complexity index is 821. The number of aryl methyl sites for hydroxylation is 1. The first kappa shape index (κ1) is 14.9. The largest absolute Gasteiger partial charge is 0.378 e. The van der Waals surface area contributed by atoms with Gasteiger partial charge in [0, 0.05) is 29.9 Å². The third-order valence-electron chi connectivity index (χ3n) is 4.19. The summed E-state index contributed by atoms with van der Waals surface area (Å²) in [5.41, 5.74) is 4.26. The van der Waals surface area contributed by atoms with Gasteiger partial charge in [0.05, 0.1) is 13.2 Å². The van der Waals surface area contributed by atoms with Gasteiger partial charge in [-0.25, -0.2) is 0 Å². The Labute approximate surface area is 140 Å². The van der Waals surface area contributed by atoms with Crippen LogP contribution in [0.4, 0.5) is 5.69 Å². The Kier molecular flexibility index (Phi) is 4.01. The lowest BCUT2D eigenvalue weighted by Crippen LogP contribution is -2.36. The van der Waals surface area contributed by atoms with Crippen LogP contribution in [0.15, 0.2) is 53.1 Å². The second-order valence-electron chi connectivity index (χ2n) is 5.94. The second-order valence-corrected chi connectivity index (χ2v) is 5.94. The fourth-order valence-electron chi connectivity index (χ4n) is 2.88. The van der Waals surface area contributed by atoms with E-state index in [0.717, 1.165) is 37.4 Å². The van der Waals surface area contributed by atoms with E-state index in [1.165, 1.54) is 11.3 Å². The van der Waals surface area contributed by atoms with Gasteiger partial charge >= 0.3 is 0 Å². The molecule has 0 N–H and O–H groups in total. The summed E-state index contributed by atoms with van der Waals surface area (Å²) >= 11 is 0. The molecular formula is C19H19N3O2. The quantitative estimate of drug-likeness (QED) is 0.738. The van der Waals surface area contributed by atoms with E-state index in [1.807, 2.05) is 43.3 Å². The van der Waals surface area contributed by atoms with Crippen LogP contribution in [-0.2, 0) is 4.74 Å². The van der Waals surface area contributed by atoms with Gasteiger partial charge in [-0.05, 0) is 43.3 Å². The van der Waals surface area contributed by atoms with Gasteiger partial charge in [-0.2, -0.15) is 4.98 Å². The number of morpholine rings is 1. The van der Waals surface area contributed by atoms with Crippen molar-refractivity contribution in [3.8, 4) is 22.8 Å². The van der Waals surface area contributed by atoms with Crippen LogP contribution in [0.3, 0.4) is 0 Å². The third kappa shape index (κ3) is 3.03. The van der Waals surface area contributed by atoms with Crippen molar-refractivity contribution in [1.82, 2.24) is 10.1 Å². The summed E-state index contributed by atoms with van der Waals surface area (Å²) in [5, 5.41) is 4.11. The molecule has 24 heavy (non-hydrogen) atoms. The summed E-state index contributed by atoms with van der Waals surface area (Å²) in [6, 6.07) is 16.3. The zero-order chi connectivity index (χ0) is 16.4. The van der Waals surface area contributed by atoms with Crippen molar-refractivity contribution < 1.29 is 9.26 Å². The van der Waals surface area contributed by atoms with Gasteiger partial charge in [0.25, 0.3) is 5.89 Å². The van der Waals surface area contributed by atoms with Crippen LogP contribution in [-0.4, -0.2) is 36.4 Å². The lowest BCUT2D eigenvalue weighted by molar-refractivity contribution is 0.122. The number of rotatable bonds is 3. The van der Waals surface area contributed by atoms with E-state index >= 15 is 0 Å². The Morgan fingerprint density at radius 1 is 0.958 bits per heavy atom. The SMILES string of the molecule is Cc1cccc(-c2nc(-c3ccc(N4CCOCC4)cc3)no2)c1. The highest BCUT2D eigenvalue weighted by molar-refractivity contribution is 5.63. The van der Waals surface area contributed by atoms with Gasteiger partial charge in [0.2, 0.25) is 5.82 Å². The fraction of sp³-hybridized carbons (Fsp3) is 0.263. The molecule has 5 nitrogen and oxygen atoms in total. The molecule has 5 heteroatoms. The fourth-order valence-corrected chi connectivity index (χ4v) is 2.88. The Balaban J connectivity index is 1.56. The molecule has 1 fully saturated rings. The zero-order valence-electron chi connectivity index (χ0n) is 13.6. The highest BCUT2D eigenvalue weighted by atomic mass is 16.5. The van der Waals surface area contributed by atoms with Crippen LogP contribution in [0.5, 0.6) is 0 Å². The molecule has 1 aliphatic rings. The van der Waals surface area contributed by atoms with Crippen LogP contribution >= 0.6 is 0 Å². The number of benzene rings is 2. The molecule has 2 heterocycles. The number of aromatic nitrogens is 2. The van der Waals surface area contributed by atoms with Crippen LogP contribution in [0.25, 0.3) is 22.8 Å². The average Bonchev–Trinajstić information content (AvgIpc) is 3.13. The van der Waals surface area contributed by atoms with E-state index in [0.29, 0.717) is 11.7 Å². The molecule has 1 aromatic heterocycles. The van der Waals surface area contributed by atoms with Crippen molar-refractivity contribution in [2.75, 3.05) is 31.2 Å². The first-order chi connectivity index (χ1) is 11.8. The van der Waals surface area contributed by atoms with E-state index in [4.69, 9.17) is 9.26 Å². The minimum absolute atomic E-state index is 0.547. The van der Waals surface area contributed by atoms with Crippen molar-refractivity contribution in [2.45, 2.75) is 6.92 Å². The third-order valence-corrected chi connectivity index (χ3v) is 4.19. The molecular weight excluding hydrogens is 302 g/mol. The van der Waals surface area contributed by atoms with Crippen molar-refractivity contribution in [3.63, 3.8) is 0 Å². The number of nitrogens with zero attached hydrogens (tertiary/aromatic N) is 3. The van der Waals surface area contributed by atoms with E-state index < -0.39 is 0 Å². The predicted octanol–water partition coefficient (Wildman–Crippen LogP) is 3.55. The Morgan fingerprint density at radius 3 is 2.50 bits per heavy atom. The molecule has 4 rings (SSSR count). The second kappa shape index (κ2) is 6.45. The molecule has 2 aromatic carbocycles. The highest BCUT2D eigenvalue weighted by Gasteiger charge is 2.13. The van der Waals surface area contributed by atoms with Gasteiger partial charge < -0.3 is 14.2 Å². The molecule has 0 amide bonds. The van der Waals surface area contributed by atoms with E-state index in [1.54, 1.807) is 0 Å². The molecule has 1 aliphatic heterocycles. The lowest BCUT2D eigenvalue weighted by atomic mass is 10.1. The first-order valence-corrected chi connectivity index (χ1v) is 8.13. The normalized spacial score (nSPS) is 14.8. The number of hydrogen-bond acceptors (Lipinski definition) is 5. The van der Waals surface area contributed by atoms with Crippen LogP contribution < -0.4 is 4.90 Å². The monoisotopic (exact) mass is 321 g/mol. The molecule has 0 spiro atoms. The maximum Gasteiger partial charge on any atom is 0.258 e. The molecule has 3 aromatic rings. The molecule has 0 atom stereocenters. The Morgan fingerprint density at radius 2 is 1.75 bits per heavy atom. The van der Waals surface area contributed by atoms with Crippen molar-refractivity contribution in [3.05, 3.63) is 54.1 Å². The van der Waals surface area contributed by atoms with Crippen molar-refractivity contribution >= 4 is 5.69 Å². The average molecular weight is 321 g/mol. The van der Waals surface area contributed by atoms with E-state index in [9.17, 15) is 0 Å². The maximum atomic E-state index is 5.42. The van der Waals surface area contributed by atoms with Crippen molar-refractivity contribution in [2.24, 2.45) is 0 Å². The van der Waals surface area contributed by atoms with E-state index in [2.05, 4.69) is 27.2 Å². The molecule has 1 saturated heterocycles. The summed E-state index contributed by atoms with van der Waals surface area (Å²) in [4.78, 5) is 6.84. The van der Waals surface area contributed by atoms with E-state index in [-0.39, 0.29) is 0 Å². The number of ether oxygens (including phenoxy) is 1. The molecule has 122 valence electrons. The summed E-state index contributed by atoms with van der Waals surface area (Å²) in [6.45, 7) is 5.47. The molecule has 0 aliphatic carbocycles. The summed E-state index contributed by atoms with van der Waals surface area (Å²) in [7, 11) is 0. The number of anilines is 1. The summed E-state index contributed by atoms with van der Waals surface area (Å²) in [6.07, 6.45) is 0. The van der Waals surface area contributed by atoms with Gasteiger partial charge in [-0.3, -0.25) is 0 Å². The van der Waals surface area contributed by atoms with Crippen LogP contribution in [0.1, 0.15) is 5.56 Å². The Hall–Kier alpha value is -2.66. The van der Waals surface area contributed by atoms with Crippen molar-refractivity contribution in [1.29, 1.82) is 0 Å². The van der Waals surface area contributed by atoms with Gasteiger partial charge in [0.1, 0.15) is 0 Å². The molecule has 0 saturated carbocycles. The minimum atomic E-state index is 0.547. The number of hydrogen-bond donors (Lipinski definition) is 0. The van der Waals surface area contributed by atoms with Gasteiger partial charge in [-0.15, -0.1) is 0 Å². The highest BCUT2D eigenvalue weighted by Crippen LogP contribution is 2.25. The molecule has 0 bridgehead atoms. The predicted molar refractivity (Wildman–Crippen MR) is 92.9 cm³/mol.